The second kappa shape index (κ2) is 8.71. The van der Waals surface area contributed by atoms with Crippen molar-refractivity contribution in [3.63, 3.8) is 0 Å². The van der Waals surface area contributed by atoms with Crippen LogP contribution in [-0.2, 0) is 11.2 Å². The Morgan fingerprint density at radius 3 is 3.00 bits per heavy atom. The molecule has 1 saturated heterocycles. The van der Waals surface area contributed by atoms with Gasteiger partial charge in [-0.15, -0.1) is 12.4 Å². The van der Waals surface area contributed by atoms with E-state index in [9.17, 15) is 9.18 Å². The van der Waals surface area contributed by atoms with E-state index in [0.717, 1.165) is 23.9 Å². The third-order valence-corrected chi connectivity index (χ3v) is 4.19. The summed E-state index contributed by atoms with van der Waals surface area (Å²) in [4.78, 5) is 12.0. The fraction of sp³-hybridized carbons (Fsp3) is 0.533. The minimum Gasteiger partial charge on any atom is -0.356 e. The summed E-state index contributed by atoms with van der Waals surface area (Å²) in [5.74, 6) is -0.0506. The molecule has 1 aliphatic heterocycles. The van der Waals surface area contributed by atoms with E-state index in [1.54, 1.807) is 12.1 Å². The van der Waals surface area contributed by atoms with Crippen LogP contribution >= 0.6 is 28.3 Å². The summed E-state index contributed by atoms with van der Waals surface area (Å²) in [6.45, 7) is 3.46. The summed E-state index contributed by atoms with van der Waals surface area (Å²) in [5, 5.41) is 6.25. The monoisotopic (exact) mass is 378 g/mol. The zero-order chi connectivity index (χ0) is 14.5. The number of carbonyl (C=O) groups excluding carboxylic acids is 1. The van der Waals surface area contributed by atoms with Gasteiger partial charge in [0.1, 0.15) is 5.82 Å². The average Bonchev–Trinajstić information content (AvgIpc) is 2.42. The molecule has 0 bridgehead atoms. The molecular formula is C15H21BrClFN2O. The van der Waals surface area contributed by atoms with Crippen LogP contribution in [0.1, 0.15) is 25.3 Å². The SMILES string of the molecule is C[C@H]1C[C@@H](C(=O)NCCc2cc(Br)ccc2F)CCN1.Cl. The summed E-state index contributed by atoms with van der Waals surface area (Å²) in [5.41, 5.74) is 0.623. The minimum atomic E-state index is -0.224. The van der Waals surface area contributed by atoms with Crippen LogP contribution in [0.4, 0.5) is 4.39 Å². The molecule has 118 valence electrons. The molecular weight excluding hydrogens is 359 g/mol. The third-order valence-electron chi connectivity index (χ3n) is 3.70. The van der Waals surface area contributed by atoms with Gasteiger partial charge >= 0.3 is 0 Å². The number of carbonyl (C=O) groups is 1. The Labute approximate surface area is 139 Å². The van der Waals surface area contributed by atoms with Crippen molar-refractivity contribution >= 4 is 34.2 Å². The normalized spacial score (nSPS) is 21.5. The van der Waals surface area contributed by atoms with Gasteiger partial charge in [0, 0.05) is 23.0 Å². The van der Waals surface area contributed by atoms with Crippen molar-refractivity contribution in [2.45, 2.75) is 32.2 Å². The van der Waals surface area contributed by atoms with Gasteiger partial charge in [0.15, 0.2) is 0 Å². The van der Waals surface area contributed by atoms with Crippen molar-refractivity contribution in [3.05, 3.63) is 34.1 Å². The fourth-order valence-corrected chi connectivity index (χ4v) is 2.98. The molecule has 2 rings (SSSR count). The van der Waals surface area contributed by atoms with E-state index in [2.05, 4.69) is 33.5 Å². The number of hydrogen-bond donors (Lipinski definition) is 2. The van der Waals surface area contributed by atoms with Crippen LogP contribution in [0.3, 0.4) is 0 Å². The molecule has 0 aromatic heterocycles. The van der Waals surface area contributed by atoms with E-state index in [4.69, 9.17) is 0 Å². The maximum absolute atomic E-state index is 13.6. The quantitative estimate of drug-likeness (QED) is 0.844. The number of benzene rings is 1. The molecule has 1 amide bonds. The number of halogens is 3. The number of nitrogens with one attached hydrogen (secondary N) is 2. The first-order chi connectivity index (χ1) is 9.56. The Hall–Kier alpha value is -0.650. The standard InChI is InChI=1S/C15H20BrFN2O.ClH/c1-10-8-12(5-6-18-10)15(20)19-7-4-11-9-13(16)2-3-14(11)17;/h2-3,9-10,12,18H,4-8H2,1H3,(H,19,20);1H/t10-,12-;/m0./s1. The molecule has 21 heavy (non-hydrogen) atoms. The van der Waals surface area contributed by atoms with Crippen molar-refractivity contribution < 1.29 is 9.18 Å². The predicted molar refractivity (Wildman–Crippen MR) is 88.3 cm³/mol. The molecule has 2 N–H and O–H groups in total. The van der Waals surface area contributed by atoms with Crippen LogP contribution in [-0.4, -0.2) is 25.0 Å². The largest absolute Gasteiger partial charge is 0.356 e. The molecule has 0 aliphatic carbocycles. The molecule has 0 spiro atoms. The van der Waals surface area contributed by atoms with Gasteiger partial charge in [0.25, 0.3) is 0 Å². The molecule has 0 unspecified atom stereocenters. The van der Waals surface area contributed by atoms with Crippen LogP contribution in [0, 0.1) is 11.7 Å². The predicted octanol–water partition coefficient (Wildman–Crippen LogP) is 3.06. The van der Waals surface area contributed by atoms with E-state index >= 15 is 0 Å². The van der Waals surface area contributed by atoms with E-state index in [1.165, 1.54) is 6.07 Å². The summed E-state index contributed by atoms with van der Waals surface area (Å²) in [6, 6.07) is 5.26. The Balaban J connectivity index is 0.00000220. The van der Waals surface area contributed by atoms with Crippen molar-refractivity contribution in [2.75, 3.05) is 13.1 Å². The Morgan fingerprint density at radius 2 is 2.29 bits per heavy atom. The highest BCUT2D eigenvalue weighted by Crippen LogP contribution is 2.17. The minimum absolute atomic E-state index is 0. The molecule has 1 aromatic rings. The van der Waals surface area contributed by atoms with Gasteiger partial charge in [-0.25, -0.2) is 4.39 Å². The number of rotatable bonds is 4. The Bertz CT molecular complexity index is 487. The van der Waals surface area contributed by atoms with Gasteiger partial charge in [-0.1, -0.05) is 15.9 Å². The number of piperidine rings is 1. The fourth-order valence-electron chi connectivity index (χ4n) is 2.57. The maximum Gasteiger partial charge on any atom is 0.223 e. The molecule has 1 aliphatic rings. The molecule has 1 aromatic carbocycles. The first kappa shape index (κ1) is 18.4. The van der Waals surface area contributed by atoms with Crippen LogP contribution < -0.4 is 10.6 Å². The zero-order valence-corrected chi connectivity index (χ0v) is 14.4. The average molecular weight is 380 g/mol. The lowest BCUT2D eigenvalue weighted by Crippen LogP contribution is -2.42. The highest BCUT2D eigenvalue weighted by atomic mass is 79.9. The lowest BCUT2D eigenvalue weighted by atomic mass is 9.92. The van der Waals surface area contributed by atoms with Crippen LogP contribution in [0.15, 0.2) is 22.7 Å². The Kier molecular flexibility index (Phi) is 7.63. The summed E-state index contributed by atoms with van der Waals surface area (Å²) in [6.07, 6.45) is 2.26. The summed E-state index contributed by atoms with van der Waals surface area (Å²) >= 11 is 3.33. The third kappa shape index (κ3) is 5.57. The first-order valence-corrected chi connectivity index (χ1v) is 7.80. The summed E-state index contributed by atoms with van der Waals surface area (Å²) in [7, 11) is 0. The maximum atomic E-state index is 13.6. The van der Waals surface area contributed by atoms with Crippen molar-refractivity contribution in [1.29, 1.82) is 0 Å². The van der Waals surface area contributed by atoms with E-state index in [0.29, 0.717) is 24.6 Å². The van der Waals surface area contributed by atoms with Crippen LogP contribution in [0.5, 0.6) is 0 Å². The molecule has 3 nitrogen and oxygen atoms in total. The van der Waals surface area contributed by atoms with Crippen molar-refractivity contribution in [1.82, 2.24) is 10.6 Å². The van der Waals surface area contributed by atoms with Gasteiger partial charge in [-0.05, 0) is 56.5 Å². The summed E-state index contributed by atoms with van der Waals surface area (Å²) < 4.78 is 14.4. The van der Waals surface area contributed by atoms with Gasteiger partial charge in [0.05, 0.1) is 0 Å². The Morgan fingerprint density at radius 1 is 1.52 bits per heavy atom. The lowest BCUT2D eigenvalue weighted by Gasteiger charge is -2.27. The van der Waals surface area contributed by atoms with E-state index in [1.807, 2.05) is 0 Å². The van der Waals surface area contributed by atoms with Gasteiger partial charge in [-0.3, -0.25) is 4.79 Å². The number of hydrogen-bond acceptors (Lipinski definition) is 2. The second-order valence-corrected chi connectivity index (χ2v) is 6.27. The molecule has 1 heterocycles. The first-order valence-electron chi connectivity index (χ1n) is 7.01. The van der Waals surface area contributed by atoms with E-state index in [-0.39, 0.29) is 30.0 Å². The van der Waals surface area contributed by atoms with Crippen molar-refractivity contribution in [2.24, 2.45) is 5.92 Å². The highest BCUT2D eigenvalue weighted by molar-refractivity contribution is 9.10. The van der Waals surface area contributed by atoms with Crippen molar-refractivity contribution in [3.8, 4) is 0 Å². The number of amides is 1. The molecule has 1 fully saturated rings. The molecule has 2 atom stereocenters. The molecule has 0 saturated carbocycles. The highest BCUT2D eigenvalue weighted by Gasteiger charge is 2.24. The smallest absolute Gasteiger partial charge is 0.223 e. The van der Waals surface area contributed by atoms with Gasteiger partial charge < -0.3 is 10.6 Å². The van der Waals surface area contributed by atoms with E-state index < -0.39 is 0 Å². The zero-order valence-electron chi connectivity index (χ0n) is 12.0. The molecule has 0 radical (unpaired) electrons. The lowest BCUT2D eigenvalue weighted by molar-refractivity contribution is -0.126. The van der Waals surface area contributed by atoms with Crippen LogP contribution in [0.25, 0.3) is 0 Å². The van der Waals surface area contributed by atoms with Gasteiger partial charge in [0.2, 0.25) is 5.91 Å². The molecule has 6 heteroatoms. The van der Waals surface area contributed by atoms with Crippen LogP contribution in [0.2, 0.25) is 0 Å². The second-order valence-electron chi connectivity index (χ2n) is 5.35. The van der Waals surface area contributed by atoms with Gasteiger partial charge in [-0.2, -0.15) is 0 Å². The topological polar surface area (TPSA) is 41.1 Å².